The Kier molecular flexibility index (Phi) is 4.00. The van der Waals surface area contributed by atoms with E-state index in [2.05, 4.69) is 10.1 Å². The van der Waals surface area contributed by atoms with Crippen LogP contribution in [-0.2, 0) is 5.60 Å². The van der Waals surface area contributed by atoms with Crippen LogP contribution in [0.5, 0.6) is 0 Å². The second-order valence-corrected chi connectivity index (χ2v) is 7.02. The maximum atomic E-state index is 13.0. The van der Waals surface area contributed by atoms with E-state index in [-0.39, 0.29) is 5.91 Å². The molecule has 0 atom stereocenters. The van der Waals surface area contributed by atoms with E-state index in [9.17, 15) is 9.90 Å². The summed E-state index contributed by atoms with van der Waals surface area (Å²) in [6, 6.07) is 11.6. The highest BCUT2D eigenvalue weighted by atomic mass is 16.3. The Morgan fingerprint density at radius 1 is 1.15 bits per heavy atom. The first-order valence-electron chi connectivity index (χ1n) is 8.87. The number of aliphatic hydroxyl groups is 1. The number of hydrogen-bond donors (Lipinski definition) is 1. The van der Waals surface area contributed by atoms with E-state index in [1.165, 1.54) is 0 Å². The number of aromatic nitrogens is 3. The number of piperidine rings is 1. The Balaban J connectivity index is 1.56. The summed E-state index contributed by atoms with van der Waals surface area (Å²) in [6.45, 7) is 4.87. The van der Waals surface area contributed by atoms with Gasteiger partial charge in [0.25, 0.3) is 5.91 Å². The zero-order chi connectivity index (χ0) is 18.3. The van der Waals surface area contributed by atoms with Crippen molar-refractivity contribution in [2.45, 2.75) is 32.3 Å². The monoisotopic (exact) mass is 350 g/mol. The molecule has 1 aliphatic heterocycles. The molecule has 1 N–H and O–H groups in total. The van der Waals surface area contributed by atoms with Crippen molar-refractivity contribution in [2.75, 3.05) is 13.1 Å². The fourth-order valence-corrected chi connectivity index (χ4v) is 3.71. The number of hydrogen-bond acceptors (Lipinski definition) is 4. The Morgan fingerprint density at radius 2 is 1.85 bits per heavy atom. The minimum absolute atomic E-state index is 0.0763. The van der Waals surface area contributed by atoms with Crippen LogP contribution >= 0.6 is 0 Å². The topological polar surface area (TPSA) is 70.7 Å². The second kappa shape index (κ2) is 6.21. The quantitative estimate of drug-likeness (QED) is 0.771. The van der Waals surface area contributed by atoms with Crippen molar-refractivity contribution in [1.82, 2.24) is 19.5 Å². The van der Waals surface area contributed by atoms with Crippen LogP contribution in [0, 0.1) is 13.8 Å². The molecular weight excluding hydrogens is 328 g/mol. The van der Waals surface area contributed by atoms with Crippen LogP contribution in [0.15, 0.2) is 42.6 Å². The van der Waals surface area contributed by atoms with Crippen molar-refractivity contribution < 1.29 is 9.90 Å². The molecule has 134 valence electrons. The number of fused-ring (bicyclic) bond motifs is 1. The normalized spacial score (nSPS) is 16.8. The molecule has 1 aromatic carbocycles. The Hall–Kier alpha value is -2.73. The molecule has 0 aliphatic carbocycles. The summed E-state index contributed by atoms with van der Waals surface area (Å²) in [5.74, 6) is -0.0763. The van der Waals surface area contributed by atoms with Gasteiger partial charge in [-0.05, 0) is 38.3 Å². The first kappa shape index (κ1) is 16.7. The number of likely N-dealkylation sites (tertiary alicyclic amines) is 1. The minimum atomic E-state index is -0.870. The van der Waals surface area contributed by atoms with Crippen molar-refractivity contribution >= 4 is 11.6 Å². The fraction of sp³-hybridized carbons (Fsp3) is 0.350. The van der Waals surface area contributed by atoms with Gasteiger partial charge in [-0.25, -0.2) is 9.50 Å². The number of amides is 1. The third kappa shape index (κ3) is 2.76. The molecular formula is C20H22N4O2. The SMILES string of the molecule is Cc1cc(C)n2ncc(C(=O)N3CCC(O)(c4ccccc4)CC3)c2n1. The molecule has 0 spiro atoms. The maximum Gasteiger partial charge on any atom is 0.259 e. The maximum absolute atomic E-state index is 13.0. The van der Waals surface area contributed by atoms with Crippen molar-refractivity contribution in [3.63, 3.8) is 0 Å². The lowest BCUT2D eigenvalue weighted by Crippen LogP contribution is -2.45. The van der Waals surface area contributed by atoms with E-state index in [1.54, 1.807) is 15.6 Å². The molecule has 1 aliphatic rings. The van der Waals surface area contributed by atoms with Gasteiger partial charge < -0.3 is 10.0 Å². The van der Waals surface area contributed by atoms with Gasteiger partial charge in [-0.1, -0.05) is 30.3 Å². The molecule has 1 fully saturated rings. The fourth-order valence-electron chi connectivity index (χ4n) is 3.71. The van der Waals surface area contributed by atoms with Crippen molar-refractivity contribution in [1.29, 1.82) is 0 Å². The van der Waals surface area contributed by atoms with Gasteiger partial charge in [0.2, 0.25) is 0 Å². The molecule has 6 heteroatoms. The van der Waals surface area contributed by atoms with Crippen LogP contribution in [0.3, 0.4) is 0 Å². The summed E-state index contributed by atoms with van der Waals surface area (Å²) in [5, 5.41) is 15.3. The van der Waals surface area contributed by atoms with Gasteiger partial charge in [0.1, 0.15) is 5.56 Å². The van der Waals surface area contributed by atoms with Crippen molar-refractivity contribution in [2.24, 2.45) is 0 Å². The first-order valence-corrected chi connectivity index (χ1v) is 8.87. The average Bonchev–Trinajstić information content (AvgIpc) is 3.06. The summed E-state index contributed by atoms with van der Waals surface area (Å²) >= 11 is 0. The highest BCUT2D eigenvalue weighted by Crippen LogP contribution is 2.33. The van der Waals surface area contributed by atoms with E-state index in [0.717, 1.165) is 17.0 Å². The van der Waals surface area contributed by atoms with E-state index in [4.69, 9.17) is 0 Å². The number of aryl methyl sites for hydroxylation is 2. The molecule has 1 amide bonds. The van der Waals surface area contributed by atoms with Gasteiger partial charge in [-0.15, -0.1) is 0 Å². The summed E-state index contributed by atoms with van der Waals surface area (Å²) in [4.78, 5) is 19.3. The number of carbonyl (C=O) groups excluding carboxylic acids is 1. The Bertz CT molecular complexity index is 957. The molecule has 0 bridgehead atoms. The Morgan fingerprint density at radius 3 is 2.54 bits per heavy atom. The molecule has 2 aromatic heterocycles. The van der Waals surface area contributed by atoms with Gasteiger partial charge in [0.15, 0.2) is 5.65 Å². The van der Waals surface area contributed by atoms with Gasteiger partial charge in [-0.2, -0.15) is 5.10 Å². The van der Waals surface area contributed by atoms with Crippen LogP contribution < -0.4 is 0 Å². The molecule has 0 unspecified atom stereocenters. The molecule has 3 heterocycles. The third-order valence-corrected chi connectivity index (χ3v) is 5.20. The molecule has 1 saturated heterocycles. The summed E-state index contributed by atoms with van der Waals surface area (Å²) < 4.78 is 1.70. The number of carbonyl (C=O) groups is 1. The average molecular weight is 350 g/mol. The smallest absolute Gasteiger partial charge is 0.259 e. The van der Waals surface area contributed by atoms with Crippen LogP contribution in [0.2, 0.25) is 0 Å². The van der Waals surface area contributed by atoms with E-state index < -0.39 is 5.60 Å². The van der Waals surface area contributed by atoms with Gasteiger partial charge in [0.05, 0.1) is 11.8 Å². The molecule has 4 rings (SSSR count). The lowest BCUT2D eigenvalue weighted by Gasteiger charge is -2.38. The predicted molar refractivity (Wildman–Crippen MR) is 97.9 cm³/mol. The second-order valence-electron chi connectivity index (χ2n) is 7.02. The zero-order valence-electron chi connectivity index (χ0n) is 15.0. The van der Waals surface area contributed by atoms with Gasteiger partial charge in [-0.3, -0.25) is 4.79 Å². The third-order valence-electron chi connectivity index (χ3n) is 5.20. The van der Waals surface area contributed by atoms with Gasteiger partial charge >= 0.3 is 0 Å². The number of nitrogens with zero attached hydrogens (tertiary/aromatic N) is 4. The summed E-state index contributed by atoms with van der Waals surface area (Å²) in [6.07, 6.45) is 2.63. The van der Waals surface area contributed by atoms with Crippen LogP contribution in [0.4, 0.5) is 0 Å². The highest BCUT2D eigenvalue weighted by Gasteiger charge is 2.36. The molecule has 26 heavy (non-hydrogen) atoms. The first-order chi connectivity index (χ1) is 12.5. The van der Waals surface area contributed by atoms with E-state index >= 15 is 0 Å². The van der Waals surface area contributed by atoms with Crippen molar-refractivity contribution in [3.8, 4) is 0 Å². The lowest BCUT2D eigenvalue weighted by atomic mass is 9.84. The summed E-state index contributed by atoms with van der Waals surface area (Å²) in [7, 11) is 0. The molecule has 6 nitrogen and oxygen atoms in total. The minimum Gasteiger partial charge on any atom is -0.385 e. The van der Waals surface area contributed by atoms with Crippen LogP contribution in [-0.4, -0.2) is 43.6 Å². The number of rotatable bonds is 2. The van der Waals surface area contributed by atoms with Gasteiger partial charge in [0, 0.05) is 24.5 Å². The molecule has 0 saturated carbocycles. The Labute approximate surface area is 152 Å². The standard InChI is InChI=1S/C20H22N4O2/c1-14-12-15(2)24-18(22-14)17(13-21-24)19(25)23-10-8-20(26,9-11-23)16-6-4-3-5-7-16/h3-7,12-13,26H,8-11H2,1-2H3. The lowest BCUT2D eigenvalue weighted by molar-refractivity contribution is -0.0211. The largest absolute Gasteiger partial charge is 0.385 e. The van der Waals surface area contributed by atoms with Crippen LogP contribution in [0.25, 0.3) is 5.65 Å². The van der Waals surface area contributed by atoms with Crippen LogP contribution in [0.1, 0.15) is 40.2 Å². The van der Waals surface area contributed by atoms with Crippen molar-refractivity contribution in [3.05, 3.63) is 65.1 Å². The predicted octanol–water partition coefficient (Wildman–Crippen LogP) is 2.47. The number of benzene rings is 1. The molecule has 3 aromatic rings. The molecule has 0 radical (unpaired) electrons. The highest BCUT2D eigenvalue weighted by molar-refractivity contribution is 5.99. The summed E-state index contributed by atoms with van der Waals surface area (Å²) in [5.41, 5.74) is 2.96. The zero-order valence-corrected chi connectivity index (χ0v) is 15.0. The van der Waals surface area contributed by atoms with E-state index in [0.29, 0.717) is 37.1 Å². The van der Waals surface area contributed by atoms with E-state index in [1.807, 2.05) is 50.2 Å².